The Morgan fingerprint density at radius 1 is 1.42 bits per heavy atom. The van der Waals surface area contributed by atoms with Crippen molar-refractivity contribution >= 4 is 5.82 Å². The molecule has 2 aromatic heterocycles. The van der Waals surface area contributed by atoms with Crippen LogP contribution in [0.15, 0.2) is 41.1 Å². The van der Waals surface area contributed by atoms with Gasteiger partial charge in [-0.25, -0.2) is 4.98 Å². The molecule has 98 valence electrons. The average Bonchev–Trinajstić information content (AvgIpc) is 2.93. The molecular formula is C14H16N4O. The first-order valence-corrected chi connectivity index (χ1v) is 6.00. The first-order valence-electron chi connectivity index (χ1n) is 6.00. The van der Waals surface area contributed by atoms with Crippen molar-refractivity contribution in [3.63, 3.8) is 0 Å². The zero-order valence-electron chi connectivity index (χ0n) is 11.0. The van der Waals surface area contributed by atoms with Crippen molar-refractivity contribution in [3.05, 3.63) is 48.0 Å². The molecule has 2 rings (SSSR count). The van der Waals surface area contributed by atoms with Gasteiger partial charge in [0.25, 0.3) is 0 Å². The number of pyridine rings is 1. The van der Waals surface area contributed by atoms with Crippen molar-refractivity contribution in [2.45, 2.75) is 6.04 Å². The number of anilines is 1. The topological polar surface area (TPSA) is 65.1 Å². The maximum absolute atomic E-state index is 8.71. The van der Waals surface area contributed by atoms with Crippen LogP contribution in [0.2, 0.25) is 0 Å². The van der Waals surface area contributed by atoms with Crippen LogP contribution in [0.3, 0.4) is 0 Å². The molecule has 0 aliphatic carbocycles. The van der Waals surface area contributed by atoms with Gasteiger partial charge in [0, 0.05) is 12.7 Å². The zero-order valence-corrected chi connectivity index (χ0v) is 11.0. The number of hydrogen-bond donors (Lipinski definition) is 1. The van der Waals surface area contributed by atoms with Crippen molar-refractivity contribution in [1.82, 2.24) is 9.88 Å². The van der Waals surface area contributed by atoms with E-state index in [9.17, 15) is 0 Å². The van der Waals surface area contributed by atoms with E-state index < -0.39 is 0 Å². The lowest BCUT2D eigenvalue weighted by atomic mass is 10.2. The molecule has 5 nitrogen and oxygen atoms in total. The first kappa shape index (κ1) is 13.1. The monoisotopic (exact) mass is 256 g/mol. The van der Waals surface area contributed by atoms with Crippen LogP contribution < -0.4 is 5.32 Å². The fourth-order valence-corrected chi connectivity index (χ4v) is 1.78. The second kappa shape index (κ2) is 6.03. The molecule has 0 fully saturated rings. The van der Waals surface area contributed by atoms with Gasteiger partial charge < -0.3 is 9.73 Å². The molecular weight excluding hydrogens is 240 g/mol. The molecule has 0 saturated heterocycles. The molecule has 1 N–H and O–H groups in total. The summed E-state index contributed by atoms with van der Waals surface area (Å²) in [5.41, 5.74) is 0.556. The van der Waals surface area contributed by atoms with E-state index in [1.807, 2.05) is 32.3 Å². The van der Waals surface area contributed by atoms with E-state index in [-0.39, 0.29) is 6.04 Å². The van der Waals surface area contributed by atoms with Crippen molar-refractivity contribution in [3.8, 4) is 6.07 Å². The molecule has 0 saturated carbocycles. The van der Waals surface area contributed by atoms with Crippen molar-refractivity contribution in [2.24, 2.45) is 0 Å². The molecule has 1 atom stereocenters. The molecule has 0 bridgehead atoms. The normalized spacial score (nSPS) is 12.1. The van der Waals surface area contributed by atoms with Crippen LogP contribution in [0.1, 0.15) is 17.4 Å². The van der Waals surface area contributed by atoms with Crippen molar-refractivity contribution < 1.29 is 4.42 Å². The third-order valence-electron chi connectivity index (χ3n) is 2.86. The fourth-order valence-electron chi connectivity index (χ4n) is 1.78. The largest absolute Gasteiger partial charge is 0.468 e. The second-order valence-electron chi connectivity index (χ2n) is 4.42. The smallest absolute Gasteiger partial charge is 0.126 e. The SMILES string of the molecule is CN(C)C(CNc1ccc(C#N)cn1)c1ccco1. The molecule has 19 heavy (non-hydrogen) atoms. The Hall–Kier alpha value is -2.32. The lowest BCUT2D eigenvalue weighted by molar-refractivity contribution is 0.269. The summed E-state index contributed by atoms with van der Waals surface area (Å²) < 4.78 is 5.44. The molecule has 0 aliphatic rings. The summed E-state index contributed by atoms with van der Waals surface area (Å²) in [7, 11) is 4.00. The van der Waals surface area contributed by atoms with Crippen molar-refractivity contribution in [1.29, 1.82) is 5.26 Å². The Bertz CT molecular complexity index is 540. The van der Waals surface area contributed by atoms with Gasteiger partial charge in [-0.1, -0.05) is 0 Å². The van der Waals surface area contributed by atoms with E-state index in [0.29, 0.717) is 12.1 Å². The third-order valence-corrected chi connectivity index (χ3v) is 2.86. The van der Waals surface area contributed by atoms with Crippen LogP contribution in [-0.2, 0) is 0 Å². The number of likely N-dealkylation sites (N-methyl/N-ethyl adjacent to an activating group) is 1. The zero-order chi connectivity index (χ0) is 13.7. The summed E-state index contributed by atoms with van der Waals surface area (Å²) in [5, 5.41) is 12.0. The summed E-state index contributed by atoms with van der Waals surface area (Å²) >= 11 is 0. The highest BCUT2D eigenvalue weighted by Crippen LogP contribution is 2.19. The molecule has 0 spiro atoms. The summed E-state index contributed by atoms with van der Waals surface area (Å²) in [5.74, 6) is 1.66. The number of nitriles is 1. The molecule has 0 amide bonds. The number of rotatable bonds is 5. The second-order valence-corrected chi connectivity index (χ2v) is 4.42. The van der Waals surface area contributed by atoms with E-state index in [1.165, 1.54) is 0 Å². The van der Waals surface area contributed by atoms with Crippen LogP contribution in [-0.4, -0.2) is 30.5 Å². The molecule has 2 aromatic rings. The third kappa shape index (κ3) is 3.33. The van der Waals surface area contributed by atoms with Gasteiger partial charge in [0.05, 0.1) is 17.9 Å². The Labute approximate surface area is 112 Å². The van der Waals surface area contributed by atoms with Gasteiger partial charge in [-0.3, -0.25) is 4.90 Å². The van der Waals surface area contributed by atoms with Gasteiger partial charge in [0.2, 0.25) is 0 Å². The Balaban J connectivity index is 2.01. The van der Waals surface area contributed by atoms with Gasteiger partial charge >= 0.3 is 0 Å². The van der Waals surface area contributed by atoms with Gasteiger partial charge in [0.15, 0.2) is 0 Å². The Morgan fingerprint density at radius 2 is 2.26 bits per heavy atom. The van der Waals surface area contributed by atoms with Crippen molar-refractivity contribution in [2.75, 3.05) is 26.0 Å². The van der Waals surface area contributed by atoms with E-state index in [2.05, 4.69) is 15.2 Å². The summed E-state index contributed by atoms with van der Waals surface area (Å²) in [6, 6.07) is 9.56. The minimum atomic E-state index is 0.132. The van der Waals surface area contributed by atoms with Gasteiger partial charge in [-0.05, 0) is 38.4 Å². The lowest BCUT2D eigenvalue weighted by Gasteiger charge is -2.22. The van der Waals surface area contributed by atoms with Crippen LogP contribution in [0.4, 0.5) is 5.82 Å². The average molecular weight is 256 g/mol. The molecule has 2 heterocycles. The van der Waals surface area contributed by atoms with Crippen LogP contribution >= 0.6 is 0 Å². The van der Waals surface area contributed by atoms with E-state index in [4.69, 9.17) is 9.68 Å². The van der Waals surface area contributed by atoms with E-state index in [1.54, 1.807) is 24.6 Å². The number of furan rings is 1. The minimum absolute atomic E-state index is 0.132. The fraction of sp³-hybridized carbons (Fsp3) is 0.286. The maximum Gasteiger partial charge on any atom is 0.126 e. The maximum atomic E-state index is 8.71. The predicted octanol–water partition coefficient (Wildman–Crippen LogP) is 2.26. The standard InChI is InChI=1S/C14H16N4O/c1-18(2)12(13-4-3-7-19-13)10-17-14-6-5-11(8-15)9-16-14/h3-7,9,12H,10H2,1-2H3,(H,16,17). The Morgan fingerprint density at radius 3 is 2.79 bits per heavy atom. The first-order chi connectivity index (χ1) is 9.20. The number of nitrogens with zero attached hydrogens (tertiary/aromatic N) is 3. The Kier molecular flexibility index (Phi) is 4.16. The highest BCUT2D eigenvalue weighted by atomic mass is 16.3. The van der Waals surface area contributed by atoms with Crippen LogP contribution in [0.25, 0.3) is 0 Å². The minimum Gasteiger partial charge on any atom is -0.468 e. The van der Waals surface area contributed by atoms with Gasteiger partial charge in [-0.2, -0.15) is 5.26 Å². The number of hydrogen-bond acceptors (Lipinski definition) is 5. The molecule has 0 radical (unpaired) electrons. The lowest BCUT2D eigenvalue weighted by Crippen LogP contribution is -2.26. The molecule has 1 unspecified atom stereocenters. The molecule has 0 aromatic carbocycles. The van der Waals surface area contributed by atoms with E-state index >= 15 is 0 Å². The van der Waals surface area contributed by atoms with Gasteiger partial charge in [0.1, 0.15) is 17.6 Å². The van der Waals surface area contributed by atoms with E-state index in [0.717, 1.165) is 11.6 Å². The van der Waals surface area contributed by atoms with Gasteiger partial charge in [-0.15, -0.1) is 0 Å². The highest BCUT2D eigenvalue weighted by Gasteiger charge is 2.16. The predicted molar refractivity (Wildman–Crippen MR) is 72.6 cm³/mol. The number of aromatic nitrogens is 1. The number of nitrogens with one attached hydrogen (secondary N) is 1. The molecule has 0 aliphatic heterocycles. The summed E-state index contributed by atoms with van der Waals surface area (Å²) in [6.07, 6.45) is 3.23. The summed E-state index contributed by atoms with van der Waals surface area (Å²) in [4.78, 5) is 6.26. The van der Waals surface area contributed by atoms with Crippen LogP contribution in [0, 0.1) is 11.3 Å². The van der Waals surface area contributed by atoms with Crippen LogP contribution in [0.5, 0.6) is 0 Å². The highest BCUT2D eigenvalue weighted by molar-refractivity contribution is 5.39. The quantitative estimate of drug-likeness (QED) is 0.889. The summed E-state index contributed by atoms with van der Waals surface area (Å²) in [6.45, 7) is 0.680. The molecule has 5 heteroatoms.